The molecule has 4 aliphatic carbocycles. The number of amides is 1. The summed E-state index contributed by atoms with van der Waals surface area (Å²) in [5.74, 6) is 3.50. The molecule has 0 spiro atoms. The average molecular weight is 722 g/mol. The van der Waals surface area contributed by atoms with Gasteiger partial charge in [-0.1, -0.05) is 105 Å². The highest BCUT2D eigenvalue weighted by Crippen LogP contribution is 2.68. The maximum absolute atomic E-state index is 12.8. The maximum Gasteiger partial charge on any atom is 0.306 e. The van der Waals surface area contributed by atoms with Crippen LogP contribution in [0.4, 0.5) is 0 Å². The molecule has 0 radical (unpaired) electrons. The molecule has 4 fully saturated rings. The largest absolute Gasteiger partial charge is 0.462 e. The first-order chi connectivity index (χ1) is 23.9. The van der Waals surface area contributed by atoms with Crippen molar-refractivity contribution < 1.29 is 27.3 Å². The molecule has 9 atom stereocenters. The van der Waals surface area contributed by atoms with Crippen molar-refractivity contribution in [2.75, 3.05) is 12.3 Å². The van der Waals surface area contributed by atoms with Gasteiger partial charge in [-0.3, -0.25) is 14.1 Å². The van der Waals surface area contributed by atoms with E-state index in [1.54, 1.807) is 0 Å². The molecule has 4 saturated carbocycles. The molecular formula is C42H75NO6S. The fourth-order valence-electron chi connectivity index (χ4n) is 11.8. The van der Waals surface area contributed by atoms with Gasteiger partial charge < -0.3 is 10.1 Å². The SMILES string of the molecule is CCCCCCCCCCCCCCCC(=O)OC1CCC2(C)C(CCC3C2CCC2(C)C(C(C)CCC(=O)NCCS(=O)(=O)O)CCC32)C1. The van der Waals surface area contributed by atoms with Gasteiger partial charge in [0.15, 0.2) is 0 Å². The van der Waals surface area contributed by atoms with Crippen LogP contribution in [0.25, 0.3) is 0 Å². The lowest BCUT2D eigenvalue weighted by Gasteiger charge is -2.61. The molecule has 0 bridgehead atoms. The monoisotopic (exact) mass is 722 g/mol. The van der Waals surface area contributed by atoms with E-state index in [4.69, 9.17) is 9.29 Å². The van der Waals surface area contributed by atoms with Crippen LogP contribution in [-0.2, 0) is 24.4 Å². The minimum Gasteiger partial charge on any atom is -0.462 e. The number of esters is 1. The fraction of sp³-hybridized carbons (Fsp3) is 0.952. The second kappa shape index (κ2) is 19.8. The van der Waals surface area contributed by atoms with E-state index in [0.717, 1.165) is 49.9 Å². The standard InChI is InChI=1S/C42H75NO6S/c1-5-6-7-8-9-10-11-12-13-14-15-16-17-18-40(45)49-34-25-27-41(3)33(31-34)20-21-35-37-23-22-36(42(37,4)28-26-38(35)41)32(2)19-24-39(44)43-29-30-50(46,47)48/h32-38H,5-31H2,1-4H3,(H,43,44)(H,46,47,48). The zero-order chi connectivity index (χ0) is 36.2. The van der Waals surface area contributed by atoms with Gasteiger partial charge in [0.05, 0.1) is 5.75 Å². The quantitative estimate of drug-likeness (QED) is 0.0654. The van der Waals surface area contributed by atoms with E-state index in [1.807, 2.05) is 0 Å². The normalized spacial score (nSPS) is 32.8. The zero-order valence-corrected chi connectivity index (χ0v) is 33.3. The van der Waals surface area contributed by atoms with Crippen molar-refractivity contribution >= 4 is 22.0 Å². The summed E-state index contributed by atoms with van der Waals surface area (Å²) in [6.45, 7) is 9.68. The first kappa shape index (κ1) is 41.6. The van der Waals surface area contributed by atoms with Gasteiger partial charge in [0.25, 0.3) is 10.1 Å². The molecule has 2 N–H and O–H groups in total. The Labute approximate surface area is 306 Å². The van der Waals surface area contributed by atoms with Gasteiger partial charge in [-0.05, 0) is 117 Å². The average Bonchev–Trinajstić information content (AvgIpc) is 3.42. The van der Waals surface area contributed by atoms with Crippen LogP contribution in [0.1, 0.15) is 188 Å². The number of fused-ring (bicyclic) bond motifs is 5. The molecule has 0 aromatic carbocycles. The van der Waals surface area contributed by atoms with E-state index < -0.39 is 15.9 Å². The zero-order valence-electron chi connectivity index (χ0n) is 32.5. The Morgan fingerprint density at radius 3 is 2.02 bits per heavy atom. The predicted octanol–water partition coefficient (Wildman–Crippen LogP) is 10.5. The molecule has 0 aromatic heterocycles. The summed E-state index contributed by atoms with van der Waals surface area (Å²) in [6.07, 6.45) is 30.0. The Hall–Kier alpha value is -1.15. The van der Waals surface area contributed by atoms with E-state index in [9.17, 15) is 18.0 Å². The Bertz CT molecular complexity index is 1160. The highest BCUT2D eigenvalue weighted by molar-refractivity contribution is 7.85. The summed E-state index contributed by atoms with van der Waals surface area (Å²) in [6, 6.07) is 0. The van der Waals surface area contributed by atoms with Crippen LogP contribution < -0.4 is 5.32 Å². The molecule has 9 unspecified atom stereocenters. The highest BCUT2D eigenvalue weighted by atomic mass is 32.2. The number of nitrogens with one attached hydrogen (secondary N) is 1. The number of hydrogen-bond donors (Lipinski definition) is 2. The molecule has 0 aromatic rings. The second-order valence-electron chi connectivity index (χ2n) is 17.9. The molecule has 0 heterocycles. The van der Waals surface area contributed by atoms with E-state index in [1.165, 1.54) is 116 Å². The van der Waals surface area contributed by atoms with Gasteiger partial charge in [0.1, 0.15) is 6.10 Å². The maximum atomic E-state index is 12.8. The topological polar surface area (TPSA) is 110 Å². The number of unbranched alkanes of at least 4 members (excludes halogenated alkanes) is 12. The van der Waals surface area contributed by atoms with Crippen molar-refractivity contribution in [2.24, 2.45) is 46.3 Å². The lowest BCUT2D eigenvalue weighted by Crippen LogP contribution is -2.54. The third-order valence-electron chi connectivity index (χ3n) is 14.7. The van der Waals surface area contributed by atoms with Crippen molar-refractivity contribution in [1.82, 2.24) is 5.32 Å². The summed E-state index contributed by atoms with van der Waals surface area (Å²) < 4.78 is 37.0. The van der Waals surface area contributed by atoms with E-state index >= 15 is 0 Å². The first-order valence-electron chi connectivity index (χ1n) is 21.3. The highest BCUT2D eigenvalue weighted by Gasteiger charge is 2.60. The molecule has 1 amide bonds. The summed E-state index contributed by atoms with van der Waals surface area (Å²) in [4.78, 5) is 25.2. The molecule has 4 aliphatic rings. The van der Waals surface area contributed by atoms with E-state index in [0.29, 0.717) is 41.4 Å². The van der Waals surface area contributed by atoms with Crippen molar-refractivity contribution in [3.8, 4) is 0 Å². The molecule has 0 aliphatic heterocycles. The van der Waals surface area contributed by atoms with Crippen LogP contribution in [0, 0.1) is 46.3 Å². The van der Waals surface area contributed by atoms with Crippen LogP contribution in [0.3, 0.4) is 0 Å². The molecule has 290 valence electrons. The lowest BCUT2D eigenvalue weighted by atomic mass is 9.44. The fourth-order valence-corrected chi connectivity index (χ4v) is 12.2. The third-order valence-corrected chi connectivity index (χ3v) is 15.4. The lowest BCUT2D eigenvalue weighted by molar-refractivity contribution is -0.162. The second-order valence-corrected chi connectivity index (χ2v) is 19.5. The van der Waals surface area contributed by atoms with E-state index in [-0.39, 0.29) is 24.5 Å². The van der Waals surface area contributed by atoms with Crippen molar-refractivity contribution in [1.29, 1.82) is 0 Å². The van der Waals surface area contributed by atoms with Gasteiger partial charge in [-0.25, -0.2) is 0 Å². The van der Waals surface area contributed by atoms with Gasteiger partial charge in [-0.2, -0.15) is 8.42 Å². The molecule has 0 saturated heterocycles. The smallest absolute Gasteiger partial charge is 0.306 e. The molecule has 50 heavy (non-hydrogen) atoms. The summed E-state index contributed by atoms with van der Waals surface area (Å²) in [7, 11) is -4.06. The minimum absolute atomic E-state index is 0.0329. The van der Waals surface area contributed by atoms with Crippen molar-refractivity contribution in [3.63, 3.8) is 0 Å². The summed E-state index contributed by atoms with van der Waals surface area (Å²) in [5.41, 5.74) is 0.678. The molecular weight excluding hydrogens is 647 g/mol. The third kappa shape index (κ3) is 11.7. The van der Waals surface area contributed by atoms with Gasteiger partial charge >= 0.3 is 5.97 Å². The van der Waals surface area contributed by atoms with Gasteiger partial charge in [-0.15, -0.1) is 0 Å². The first-order valence-corrected chi connectivity index (χ1v) is 22.9. The number of carbonyl (C=O) groups is 2. The number of hydrogen-bond acceptors (Lipinski definition) is 5. The molecule has 8 heteroatoms. The number of ether oxygens (including phenoxy) is 1. The van der Waals surface area contributed by atoms with E-state index in [2.05, 4.69) is 33.0 Å². The van der Waals surface area contributed by atoms with Crippen LogP contribution in [-0.4, -0.2) is 43.2 Å². The number of rotatable bonds is 22. The van der Waals surface area contributed by atoms with Crippen LogP contribution in [0.5, 0.6) is 0 Å². The van der Waals surface area contributed by atoms with Gasteiger partial charge in [0.2, 0.25) is 5.91 Å². The van der Waals surface area contributed by atoms with Crippen LogP contribution >= 0.6 is 0 Å². The minimum atomic E-state index is -4.06. The van der Waals surface area contributed by atoms with Crippen LogP contribution in [0.2, 0.25) is 0 Å². The van der Waals surface area contributed by atoms with Crippen LogP contribution in [0.15, 0.2) is 0 Å². The van der Waals surface area contributed by atoms with Gasteiger partial charge in [0, 0.05) is 19.4 Å². The number of carbonyl (C=O) groups excluding carboxylic acids is 2. The van der Waals surface area contributed by atoms with Crippen molar-refractivity contribution in [2.45, 2.75) is 194 Å². The predicted molar refractivity (Wildman–Crippen MR) is 203 cm³/mol. The Kier molecular flexibility index (Phi) is 16.5. The van der Waals surface area contributed by atoms with Crippen molar-refractivity contribution in [3.05, 3.63) is 0 Å². The Balaban J connectivity index is 1.13. The Morgan fingerprint density at radius 1 is 0.780 bits per heavy atom. The Morgan fingerprint density at radius 2 is 1.38 bits per heavy atom. The summed E-state index contributed by atoms with van der Waals surface area (Å²) >= 11 is 0. The molecule has 4 rings (SSSR count). The molecule has 7 nitrogen and oxygen atoms in total. The summed E-state index contributed by atoms with van der Waals surface area (Å²) in [5, 5.41) is 2.65.